The average Bonchev–Trinajstić information content (AvgIpc) is 3.12. The van der Waals surface area contributed by atoms with Gasteiger partial charge >= 0.3 is 5.97 Å². The van der Waals surface area contributed by atoms with Gasteiger partial charge in [-0.05, 0) is 37.5 Å². The zero-order chi connectivity index (χ0) is 18.5. The van der Waals surface area contributed by atoms with Crippen LogP contribution in [0.2, 0.25) is 0 Å². The molecule has 1 amide bonds. The van der Waals surface area contributed by atoms with Crippen LogP contribution in [-0.2, 0) is 25.6 Å². The van der Waals surface area contributed by atoms with Gasteiger partial charge in [0.1, 0.15) is 5.82 Å². The highest BCUT2D eigenvalue weighted by Gasteiger charge is 2.36. The fourth-order valence-electron chi connectivity index (χ4n) is 3.33. The van der Waals surface area contributed by atoms with Crippen molar-refractivity contribution < 1.29 is 23.6 Å². The molecule has 0 spiro atoms. The molecule has 2 atom stereocenters. The Morgan fingerprint density at radius 1 is 1.35 bits per heavy atom. The summed E-state index contributed by atoms with van der Waals surface area (Å²) in [7, 11) is 0. The van der Waals surface area contributed by atoms with Crippen molar-refractivity contribution in [2.45, 2.75) is 38.7 Å². The van der Waals surface area contributed by atoms with E-state index in [1.807, 2.05) is 0 Å². The van der Waals surface area contributed by atoms with Crippen LogP contribution in [0.25, 0.3) is 0 Å². The monoisotopic (exact) mass is 362 g/mol. The number of nitrogens with zero attached hydrogens (tertiary/aromatic N) is 2. The molecule has 1 saturated heterocycles. The SMILES string of the molecule is CCOC(=O)[C@H]1CCCN(C(=O)[C@H]2CC(Cc3ccc(F)cc3)=NO2)C1. The van der Waals surface area contributed by atoms with Gasteiger partial charge in [-0.3, -0.25) is 9.59 Å². The maximum atomic E-state index is 13.0. The smallest absolute Gasteiger partial charge is 0.310 e. The Hall–Kier alpha value is -2.44. The molecule has 1 fully saturated rings. The second-order valence-corrected chi connectivity index (χ2v) is 6.63. The highest BCUT2D eigenvalue weighted by Crippen LogP contribution is 2.22. The topological polar surface area (TPSA) is 68.2 Å². The lowest BCUT2D eigenvalue weighted by Crippen LogP contribution is -2.47. The number of ether oxygens (including phenoxy) is 1. The van der Waals surface area contributed by atoms with Crippen molar-refractivity contribution in [1.29, 1.82) is 0 Å². The van der Waals surface area contributed by atoms with E-state index in [4.69, 9.17) is 9.57 Å². The van der Waals surface area contributed by atoms with E-state index in [0.717, 1.165) is 24.1 Å². The van der Waals surface area contributed by atoms with Crippen molar-refractivity contribution >= 4 is 17.6 Å². The Morgan fingerprint density at radius 3 is 2.85 bits per heavy atom. The number of piperidine rings is 1. The Balaban J connectivity index is 1.53. The Labute approximate surface area is 151 Å². The molecule has 1 aromatic rings. The van der Waals surface area contributed by atoms with Gasteiger partial charge in [0.25, 0.3) is 5.91 Å². The zero-order valence-corrected chi connectivity index (χ0v) is 14.8. The summed E-state index contributed by atoms with van der Waals surface area (Å²) in [6.45, 7) is 3.10. The van der Waals surface area contributed by atoms with Gasteiger partial charge in [-0.15, -0.1) is 0 Å². The Bertz CT molecular complexity index is 689. The number of hydrogen-bond acceptors (Lipinski definition) is 5. The van der Waals surface area contributed by atoms with E-state index >= 15 is 0 Å². The van der Waals surface area contributed by atoms with Crippen molar-refractivity contribution in [3.05, 3.63) is 35.6 Å². The first-order valence-electron chi connectivity index (χ1n) is 8.98. The van der Waals surface area contributed by atoms with Gasteiger partial charge in [-0.25, -0.2) is 4.39 Å². The summed E-state index contributed by atoms with van der Waals surface area (Å²) in [6.07, 6.45) is 1.80. The number of esters is 1. The van der Waals surface area contributed by atoms with Gasteiger partial charge in [-0.1, -0.05) is 17.3 Å². The minimum atomic E-state index is -0.647. The van der Waals surface area contributed by atoms with E-state index in [-0.39, 0.29) is 23.6 Å². The molecule has 7 heteroatoms. The first kappa shape index (κ1) is 18.4. The van der Waals surface area contributed by atoms with Gasteiger partial charge in [0.2, 0.25) is 6.10 Å². The van der Waals surface area contributed by atoms with E-state index in [0.29, 0.717) is 32.5 Å². The maximum absolute atomic E-state index is 13.0. The third kappa shape index (κ3) is 4.39. The van der Waals surface area contributed by atoms with Crippen LogP contribution in [0, 0.1) is 11.7 Å². The molecule has 0 aromatic heterocycles. The van der Waals surface area contributed by atoms with Gasteiger partial charge in [0.05, 0.1) is 18.2 Å². The van der Waals surface area contributed by atoms with E-state index in [9.17, 15) is 14.0 Å². The van der Waals surface area contributed by atoms with Gasteiger partial charge < -0.3 is 14.5 Å². The number of rotatable bonds is 5. The van der Waals surface area contributed by atoms with Crippen LogP contribution in [0.4, 0.5) is 4.39 Å². The van der Waals surface area contributed by atoms with Crippen LogP contribution in [0.15, 0.2) is 29.4 Å². The molecular formula is C19H23FN2O4. The summed E-state index contributed by atoms with van der Waals surface area (Å²) in [6, 6.07) is 6.19. The molecule has 0 unspecified atom stereocenters. The molecular weight excluding hydrogens is 339 g/mol. The van der Waals surface area contributed by atoms with E-state index in [1.54, 1.807) is 24.0 Å². The molecule has 2 heterocycles. The van der Waals surface area contributed by atoms with Crippen molar-refractivity contribution in [3.63, 3.8) is 0 Å². The summed E-state index contributed by atoms with van der Waals surface area (Å²) >= 11 is 0. The molecule has 1 aromatic carbocycles. The summed E-state index contributed by atoms with van der Waals surface area (Å²) in [5, 5.41) is 4.02. The molecule has 26 heavy (non-hydrogen) atoms. The predicted octanol–water partition coefficient (Wildman–Crippen LogP) is 2.31. The zero-order valence-electron chi connectivity index (χ0n) is 14.8. The summed E-state index contributed by atoms with van der Waals surface area (Å²) < 4.78 is 18.0. The fraction of sp³-hybridized carbons (Fsp3) is 0.526. The second-order valence-electron chi connectivity index (χ2n) is 6.63. The number of hydrogen-bond donors (Lipinski definition) is 0. The van der Waals surface area contributed by atoms with Crippen molar-refractivity contribution in [1.82, 2.24) is 4.90 Å². The van der Waals surface area contributed by atoms with Crippen molar-refractivity contribution in [2.24, 2.45) is 11.1 Å². The van der Waals surface area contributed by atoms with Crippen LogP contribution >= 0.6 is 0 Å². The normalized spacial score (nSPS) is 22.5. The molecule has 0 bridgehead atoms. The van der Waals surface area contributed by atoms with Gasteiger partial charge in [0.15, 0.2) is 0 Å². The Kier molecular flexibility index (Phi) is 5.85. The number of carbonyl (C=O) groups is 2. The van der Waals surface area contributed by atoms with Crippen molar-refractivity contribution in [3.8, 4) is 0 Å². The second kappa shape index (κ2) is 8.29. The minimum absolute atomic E-state index is 0.142. The van der Waals surface area contributed by atoms with E-state index in [1.165, 1.54) is 12.1 Å². The largest absolute Gasteiger partial charge is 0.466 e. The van der Waals surface area contributed by atoms with Crippen LogP contribution in [0.3, 0.4) is 0 Å². The maximum Gasteiger partial charge on any atom is 0.310 e. The molecule has 0 saturated carbocycles. The van der Waals surface area contributed by atoms with E-state index < -0.39 is 6.10 Å². The quantitative estimate of drug-likeness (QED) is 0.754. The fourth-order valence-corrected chi connectivity index (χ4v) is 3.33. The summed E-state index contributed by atoms with van der Waals surface area (Å²) in [5.74, 6) is -0.941. The number of oxime groups is 1. The van der Waals surface area contributed by atoms with Crippen LogP contribution in [0.5, 0.6) is 0 Å². The van der Waals surface area contributed by atoms with E-state index in [2.05, 4.69) is 5.16 Å². The average molecular weight is 362 g/mol. The first-order chi connectivity index (χ1) is 12.6. The van der Waals surface area contributed by atoms with Gasteiger partial charge in [-0.2, -0.15) is 0 Å². The third-order valence-corrected chi connectivity index (χ3v) is 4.68. The van der Waals surface area contributed by atoms with Crippen LogP contribution < -0.4 is 0 Å². The number of benzene rings is 1. The lowest BCUT2D eigenvalue weighted by atomic mass is 9.97. The van der Waals surface area contributed by atoms with Crippen LogP contribution in [-0.4, -0.2) is 48.3 Å². The molecule has 0 aliphatic carbocycles. The molecule has 0 N–H and O–H groups in total. The standard InChI is InChI=1S/C19H23FN2O4/c1-2-25-19(24)14-4-3-9-22(12-14)18(23)17-11-16(21-26-17)10-13-5-7-15(20)8-6-13/h5-8,14,17H,2-4,9-12H2,1H3/t14-,17+/m0/s1. The number of amides is 1. The lowest BCUT2D eigenvalue weighted by Gasteiger charge is -2.32. The highest BCUT2D eigenvalue weighted by atomic mass is 19.1. The molecule has 3 rings (SSSR count). The number of carbonyl (C=O) groups excluding carboxylic acids is 2. The molecule has 6 nitrogen and oxygen atoms in total. The first-order valence-corrected chi connectivity index (χ1v) is 8.98. The van der Waals surface area contributed by atoms with Crippen molar-refractivity contribution in [2.75, 3.05) is 19.7 Å². The molecule has 2 aliphatic rings. The highest BCUT2D eigenvalue weighted by molar-refractivity contribution is 5.94. The summed E-state index contributed by atoms with van der Waals surface area (Å²) in [5.41, 5.74) is 1.68. The number of halogens is 1. The predicted molar refractivity (Wildman–Crippen MR) is 93.0 cm³/mol. The lowest BCUT2D eigenvalue weighted by molar-refractivity contribution is -0.153. The molecule has 2 aliphatic heterocycles. The third-order valence-electron chi connectivity index (χ3n) is 4.68. The molecule has 140 valence electrons. The van der Waals surface area contributed by atoms with Gasteiger partial charge in [0, 0.05) is 25.9 Å². The molecule has 0 radical (unpaired) electrons. The van der Waals surface area contributed by atoms with Crippen LogP contribution in [0.1, 0.15) is 31.7 Å². The Morgan fingerprint density at radius 2 is 2.12 bits per heavy atom. The minimum Gasteiger partial charge on any atom is -0.466 e. The summed E-state index contributed by atoms with van der Waals surface area (Å²) in [4.78, 5) is 31.6. The number of likely N-dealkylation sites (tertiary alicyclic amines) is 1.